The third kappa shape index (κ3) is 21.6. The zero-order valence-electron chi connectivity index (χ0n) is 15.9. The molecule has 0 saturated carbocycles. The monoisotopic (exact) mass is 325 g/mol. The smallest absolute Gasteiger partial charge is 0.0480 e. The van der Waals surface area contributed by atoms with E-state index in [-0.39, 0.29) is 6.61 Å². The molecule has 2 heteroatoms. The zero-order valence-corrected chi connectivity index (χ0v) is 15.9. The average Bonchev–Trinajstić information content (AvgIpc) is 2.57. The Hall–Kier alpha value is -0.370. The van der Waals surface area contributed by atoms with Crippen molar-refractivity contribution in [1.29, 1.82) is 0 Å². The molecular weight excluding hydrogens is 282 g/mol. The first-order chi connectivity index (χ1) is 11.4. The molecule has 0 aromatic rings. The van der Waals surface area contributed by atoms with Crippen molar-refractivity contribution in [1.82, 2.24) is 0 Å². The molecule has 138 valence electrons. The van der Waals surface area contributed by atoms with E-state index >= 15 is 0 Å². The van der Waals surface area contributed by atoms with Gasteiger partial charge in [-0.25, -0.2) is 0 Å². The number of aliphatic imine (C=N–C) groups is 1. The maximum absolute atomic E-state index is 8.62. The Balaban J connectivity index is 2.97. The van der Waals surface area contributed by atoms with Crippen LogP contribution in [0.1, 0.15) is 116 Å². The molecular formula is C21H43NO. The number of unbranched alkanes of at least 4 members (excludes halogenated alkanes) is 15. The first-order valence-electron chi connectivity index (χ1n) is 10.5. The molecule has 0 unspecified atom stereocenters. The lowest BCUT2D eigenvalue weighted by molar-refractivity contribution is 0.308. The van der Waals surface area contributed by atoms with Gasteiger partial charge in [0, 0.05) is 25.8 Å². The maximum Gasteiger partial charge on any atom is 0.0480 e. The van der Waals surface area contributed by atoms with Crippen LogP contribution in [0.4, 0.5) is 0 Å². The molecule has 2 nitrogen and oxygen atoms in total. The van der Waals surface area contributed by atoms with Crippen molar-refractivity contribution in [3.63, 3.8) is 0 Å². The van der Waals surface area contributed by atoms with Crippen LogP contribution in [0.2, 0.25) is 0 Å². The molecule has 0 heterocycles. The molecule has 0 aliphatic carbocycles. The summed E-state index contributed by atoms with van der Waals surface area (Å²) in [5.74, 6) is 0. The summed E-state index contributed by atoms with van der Waals surface area (Å²) in [5.41, 5.74) is 0. The summed E-state index contributed by atoms with van der Waals surface area (Å²) < 4.78 is 0. The molecule has 0 aliphatic rings. The highest BCUT2D eigenvalue weighted by Crippen LogP contribution is 2.13. The van der Waals surface area contributed by atoms with Crippen LogP contribution >= 0.6 is 0 Å². The SMILES string of the molecule is CCCCCCCCCCCCCCCCCCN=CCCO. The third-order valence-corrected chi connectivity index (χ3v) is 4.53. The Morgan fingerprint density at radius 1 is 0.609 bits per heavy atom. The van der Waals surface area contributed by atoms with Gasteiger partial charge in [-0.3, -0.25) is 4.99 Å². The number of rotatable bonds is 19. The number of aliphatic hydroxyl groups excluding tert-OH is 1. The van der Waals surface area contributed by atoms with Crippen molar-refractivity contribution in [2.75, 3.05) is 13.2 Å². The van der Waals surface area contributed by atoms with E-state index in [4.69, 9.17) is 5.11 Å². The van der Waals surface area contributed by atoms with Crippen molar-refractivity contribution in [2.45, 2.75) is 116 Å². The highest BCUT2D eigenvalue weighted by atomic mass is 16.2. The Bertz CT molecular complexity index is 228. The molecule has 0 amide bonds. The highest BCUT2D eigenvalue weighted by Gasteiger charge is 1.94. The van der Waals surface area contributed by atoms with Gasteiger partial charge in [0.05, 0.1) is 0 Å². The maximum atomic E-state index is 8.62. The predicted octanol–water partition coefficient (Wildman–Crippen LogP) is 6.70. The van der Waals surface area contributed by atoms with E-state index < -0.39 is 0 Å². The van der Waals surface area contributed by atoms with Gasteiger partial charge in [-0.15, -0.1) is 0 Å². The predicted molar refractivity (Wildman–Crippen MR) is 105 cm³/mol. The fourth-order valence-electron chi connectivity index (χ4n) is 2.99. The molecule has 23 heavy (non-hydrogen) atoms. The second-order valence-electron chi connectivity index (χ2n) is 6.90. The van der Waals surface area contributed by atoms with Crippen LogP contribution in [0.3, 0.4) is 0 Å². The molecule has 1 N–H and O–H groups in total. The zero-order chi connectivity index (χ0) is 16.8. The molecule has 0 aromatic carbocycles. The Labute approximate surface area is 146 Å². The normalized spacial score (nSPS) is 11.6. The number of hydrogen-bond acceptors (Lipinski definition) is 2. The van der Waals surface area contributed by atoms with E-state index in [1.54, 1.807) is 0 Å². The molecule has 0 aromatic heterocycles. The summed E-state index contributed by atoms with van der Waals surface area (Å²) in [4.78, 5) is 4.28. The van der Waals surface area contributed by atoms with Crippen molar-refractivity contribution < 1.29 is 5.11 Å². The lowest BCUT2D eigenvalue weighted by Gasteiger charge is -2.03. The van der Waals surface area contributed by atoms with Gasteiger partial charge in [0.15, 0.2) is 0 Å². The van der Waals surface area contributed by atoms with Crippen LogP contribution in [0, 0.1) is 0 Å². The van der Waals surface area contributed by atoms with Crippen molar-refractivity contribution >= 4 is 6.21 Å². The number of nitrogens with zero attached hydrogens (tertiary/aromatic N) is 1. The Morgan fingerprint density at radius 2 is 1.00 bits per heavy atom. The van der Waals surface area contributed by atoms with Crippen LogP contribution in [0.5, 0.6) is 0 Å². The average molecular weight is 326 g/mol. The second-order valence-corrected chi connectivity index (χ2v) is 6.90. The minimum Gasteiger partial charge on any atom is -0.396 e. The van der Waals surface area contributed by atoms with Gasteiger partial charge in [0.2, 0.25) is 0 Å². The minimum absolute atomic E-state index is 0.225. The number of aliphatic hydroxyl groups is 1. The Kier molecular flexibility index (Phi) is 21.3. The van der Waals surface area contributed by atoms with Crippen molar-refractivity contribution in [3.8, 4) is 0 Å². The summed E-state index contributed by atoms with van der Waals surface area (Å²) in [7, 11) is 0. The molecule has 0 atom stereocenters. The summed E-state index contributed by atoms with van der Waals surface area (Å²) in [6, 6.07) is 0. The summed E-state index contributed by atoms with van der Waals surface area (Å²) in [5, 5.41) is 8.62. The molecule has 0 rings (SSSR count). The first-order valence-corrected chi connectivity index (χ1v) is 10.5. The van der Waals surface area contributed by atoms with Crippen molar-refractivity contribution in [2.24, 2.45) is 4.99 Å². The van der Waals surface area contributed by atoms with E-state index in [0.717, 1.165) is 6.54 Å². The van der Waals surface area contributed by atoms with Crippen LogP contribution in [0.15, 0.2) is 4.99 Å². The van der Waals surface area contributed by atoms with Gasteiger partial charge < -0.3 is 5.11 Å². The third-order valence-electron chi connectivity index (χ3n) is 4.53. The molecule has 0 spiro atoms. The Morgan fingerprint density at radius 3 is 1.39 bits per heavy atom. The van der Waals surface area contributed by atoms with E-state index in [9.17, 15) is 0 Å². The topological polar surface area (TPSA) is 32.6 Å². The highest BCUT2D eigenvalue weighted by molar-refractivity contribution is 5.57. The van der Waals surface area contributed by atoms with Gasteiger partial charge in [-0.05, 0) is 6.42 Å². The largest absolute Gasteiger partial charge is 0.396 e. The van der Waals surface area contributed by atoms with Crippen LogP contribution in [-0.2, 0) is 0 Å². The van der Waals surface area contributed by atoms with E-state index in [1.165, 1.54) is 103 Å². The lowest BCUT2D eigenvalue weighted by Crippen LogP contribution is -1.87. The van der Waals surface area contributed by atoms with Crippen molar-refractivity contribution in [3.05, 3.63) is 0 Å². The van der Waals surface area contributed by atoms with E-state index in [2.05, 4.69) is 11.9 Å². The molecule has 0 aliphatic heterocycles. The summed E-state index contributed by atoms with van der Waals surface area (Å²) in [6.07, 6.45) is 25.1. The fourth-order valence-corrected chi connectivity index (χ4v) is 2.99. The molecule has 0 bridgehead atoms. The summed E-state index contributed by atoms with van der Waals surface area (Å²) >= 11 is 0. The van der Waals surface area contributed by atoms with Gasteiger partial charge in [0.25, 0.3) is 0 Å². The minimum atomic E-state index is 0.225. The molecule has 0 radical (unpaired) electrons. The number of hydrogen-bond donors (Lipinski definition) is 1. The molecule has 0 fully saturated rings. The standard InChI is InChI=1S/C21H43NO/c1-2-3-4-5-6-7-8-9-10-11-12-13-14-15-16-17-19-22-20-18-21-23/h20,23H,2-19,21H2,1H3. The van der Waals surface area contributed by atoms with Crippen LogP contribution in [-0.4, -0.2) is 24.5 Å². The van der Waals surface area contributed by atoms with Crippen LogP contribution < -0.4 is 0 Å². The fraction of sp³-hybridized carbons (Fsp3) is 0.952. The molecule has 0 saturated heterocycles. The lowest BCUT2D eigenvalue weighted by atomic mass is 10.0. The van der Waals surface area contributed by atoms with E-state index in [0.29, 0.717) is 6.42 Å². The first kappa shape index (κ1) is 22.6. The van der Waals surface area contributed by atoms with Gasteiger partial charge >= 0.3 is 0 Å². The van der Waals surface area contributed by atoms with Gasteiger partial charge in [0.1, 0.15) is 0 Å². The second kappa shape index (κ2) is 21.6. The van der Waals surface area contributed by atoms with E-state index in [1.807, 2.05) is 6.21 Å². The van der Waals surface area contributed by atoms with Crippen LogP contribution in [0.25, 0.3) is 0 Å². The quantitative estimate of drug-likeness (QED) is 0.208. The summed E-state index contributed by atoms with van der Waals surface area (Å²) in [6.45, 7) is 3.45. The van der Waals surface area contributed by atoms with Gasteiger partial charge in [-0.1, -0.05) is 103 Å². The van der Waals surface area contributed by atoms with Gasteiger partial charge in [-0.2, -0.15) is 0 Å².